The summed E-state index contributed by atoms with van der Waals surface area (Å²) in [5.41, 5.74) is 0.908. The maximum atomic E-state index is 10.4. The fraction of sp³-hybridized carbons (Fsp3) is 0.667. The van der Waals surface area contributed by atoms with Crippen LogP contribution < -0.4 is 9.47 Å². The van der Waals surface area contributed by atoms with Crippen LogP contribution in [0.4, 0.5) is 0 Å². The average Bonchev–Trinajstić information content (AvgIpc) is 2.50. The number of hydrogen-bond donors (Lipinski definition) is 1. The van der Waals surface area contributed by atoms with Gasteiger partial charge in [0.25, 0.3) is 0 Å². The molecule has 1 aromatic rings. The number of hydrogen-bond acceptors (Lipinski definition) is 3. The SMILES string of the molecule is CCCOc1ccc(C(O)C(C)CCC)cc1OCCC. The minimum atomic E-state index is -0.450. The first-order chi connectivity index (χ1) is 10.1. The van der Waals surface area contributed by atoms with Gasteiger partial charge in [-0.2, -0.15) is 0 Å². The van der Waals surface area contributed by atoms with Gasteiger partial charge in [-0.15, -0.1) is 0 Å². The second kappa shape index (κ2) is 9.67. The zero-order valence-electron chi connectivity index (χ0n) is 13.9. The average molecular weight is 294 g/mol. The molecule has 0 heterocycles. The second-order valence-corrected chi connectivity index (χ2v) is 5.61. The lowest BCUT2D eigenvalue weighted by Crippen LogP contribution is -2.10. The molecule has 2 unspecified atom stereocenters. The molecule has 1 aromatic carbocycles. The van der Waals surface area contributed by atoms with Gasteiger partial charge in [0.05, 0.1) is 19.3 Å². The van der Waals surface area contributed by atoms with E-state index in [4.69, 9.17) is 9.47 Å². The van der Waals surface area contributed by atoms with E-state index < -0.39 is 6.10 Å². The van der Waals surface area contributed by atoms with Gasteiger partial charge in [-0.05, 0) is 42.9 Å². The van der Waals surface area contributed by atoms with Gasteiger partial charge in [0, 0.05) is 0 Å². The molecule has 0 aliphatic carbocycles. The second-order valence-electron chi connectivity index (χ2n) is 5.61. The van der Waals surface area contributed by atoms with Crippen molar-refractivity contribution < 1.29 is 14.6 Å². The third-order valence-electron chi connectivity index (χ3n) is 3.52. The Balaban J connectivity index is 2.91. The Morgan fingerprint density at radius 3 is 2.14 bits per heavy atom. The molecule has 3 nitrogen and oxygen atoms in total. The lowest BCUT2D eigenvalue weighted by atomic mass is 9.93. The molecule has 0 aromatic heterocycles. The van der Waals surface area contributed by atoms with Crippen LogP contribution in [0.5, 0.6) is 11.5 Å². The fourth-order valence-corrected chi connectivity index (χ4v) is 2.31. The first-order valence-electron chi connectivity index (χ1n) is 8.21. The minimum Gasteiger partial charge on any atom is -0.490 e. The highest BCUT2D eigenvalue weighted by Crippen LogP contribution is 2.34. The summed E-state index contributed by atoms with van der Waals surface area (Å²) in [6.07, 6.45) is 3.56. The van der Waals surface area contributed by atoms with Crippen LogP contribution in [0.1, 0.15) is 65.0 Å². The summed E-state index contributed by atoms with van der Waals surface area (Å²) in [4.78, 5) is 0. The summed E-state index contributed by atoms with van der Waals surface area (Å²) in [7, 11) is 0. The topological polar surface area (TPSA) is 38.7 Å². The number of aliphatic hydroxyl groups is 1. The van der Waals surface area contributed by atoms with Gasteiger partial charge in [0.2, 0.25) is 0 Å². The monoisotopic (exact) mass is 294 g/mol. The van der Waals surface area contributed by atoms with Crippen molar-refractivity contribution in [3.8, 4) is 11.5 Å². The van der Waals surface area contributed by atoms with Crippen LogP contribution in [0.3, 0.4) is 0 Å². The van der Waals surface area contributed by atoms with Gasteiger partial charge in [0.1, 0.15) is 0 Å². The van der Waals surface area contributed by atoms with E-state index in [1.807, 2.05) is 18.2 Å². The summed E-state index contributed by atoms with van der Waals surface area (Å²) >= 11 is 0. The first-order valence-corrected chi connectivity index (χ1v) is 8.21. The highest BCUT2D eigenvalue weighted by molar-refractivity contribution is 5.43. The zero-order valence-corrected chi connectivity index (χ0v) is 13.9. The predicted octanol–water partition coefficient (Wildman–Crippen LogP) is 4.73. The zero-order chi connectivity index (χ0) is 15.7. The van der Waals surface area contributed by atoms with Crippen LogP contribution in [0.15, 0.2) is 18.2 Å². The molecule has 0 aliphatic heterocycles. The van der Waals surface area contributed by atoms with Gasteiger partial charge in [0.15, 0.2) is 11.5 Å². The largest absolute Gasteiger partial charge is 0.490 e. The highest BCUT2D eigenvalue weighted by Gasteiger charge is 2.18. The molecule has 0 saturated heterocycles. The van der Waals surface area contributed by atoms with E-state index in [0.29, 0.717) is 13.2 Å². The molecule has 1 rings (SSSR count). The molecule has 0 radical (unpaired) electrons. The number of rotatable bonds is 10. The maximum Gasteiger partial charge on any atom is 0.161 e. The molecule has 3 heteroatoms. The number of benzene rings is 1. The fourth-order valence-electron chi connectivity index (χ4n) is 2.31. The van der Waals surface area contributed by atoms with Crippen molar-refractivity contribution in [3.63, 3.8) is 0 Å². The maximum absolute atomic E-state index is 10.4. The van der Waals surface area contributed by atoms with Crippen LogP contribution in [-0.2, 0) is 0 Å². The summed E-state index contributed by atoms with van der Waals surface area (Å²) in [5.74, 6) is 1.76. The Morgan fingerprint density at radius 2 is 1.57 bits per heavy atom. The lowest BCUT2D eigenvalue weighted by molar-refractivity contribution is 0.112. The Morgan fingerprint density at radius 1 is 0.952 bits per heavy atom. The van der Waals surface area contributed by atoms with Crippen molar-refractivity contribution in [2.75, 3.05) is 13.2 Å². The van der Waals surface area contributed by atoms with Gasteiger partial charge in [-0.1, -0.05) is 40.2 Å². The lowest BCUT2D eigenvalue weighted by Gasteiger charge is -2.20. The number of aliphatic hydroxyl groups excluding tert-OH is 1. The molecule has 0 bridgehead atoms. The normalized spacial score (nSPS) is 13.8. The van der Waals surface area contributed by atoms with E-state index in [0.717, 1.165) is 42.7 Å². The summed E-state index contributed by atoms with van der Waals surface area (Å²) < 4.78 is 11.5. The van der Waals surface area contributed by atoms with Crippen LogP contribution in [0, 0.1) is 5.92 Å². The molecule has 0 fully saturated rings. The molecule has 120 valence electrons. The van der Waals surface area contributed by atoms with Gasteiger partial charge >= 0.3 is 0 Å². The van der Waals surface area contributed by atoms with Gasteiger partial charge in [-0.3, -0.25) is 0 Å². The molecule has 0 amide bonds. The van der Waals surface area contributed by atoms with E-state index in [-0.39, 0.29) is 5.92 Å². The summed E-state index contributed by atoms with van der Waals surface area (Å²) in [6, 6.07) is 5.79. The molecule has 0 saturated carbocycles. The molecule has 1 N–H and O–H groups in total. The van der Waals surface area contributed by atoms with E-state index in [9.17, 15) is 5.11 Å². The van der Waals surface area contributed by atoms with Crippen LogP contribution in [-0.4, -0.2) is 18.3 Å². The van der Waals surface area contributed by atoms with E-state index in [2.05, 4.69) is 27.7 Å². The van der Waals surface area contributed by atoms with Gasteiger partial charge in [-0.25, -0.2) is 0 Å². The Bertz CT molecular complexity index is 403. The Hall–Kier alpha value is -1.22. The van der Waals surface area contributed by atoms with Crippen LogP contribution in [0.25, 0.3) is 0 Å². The molecule has 2 atom stereocenters. The van der Waals surface area contributed by atoms with Crippen molar-refractivity contribution in [2.24, 2.45) is 5.92 Å². The highest BCUT2D eigenvalue weighted by atomic mass is 16.5. The van der Waals surface area contributed by atoms with Crippen molar-refractivity contribution >= 4 is 0 Å². The van der Waals surface area contributed by atoms with Crippen molar-refractivity contribution in [1.29, 1.82) is 0 Å². The predicted molar refractivity (Wildman–Crippen MR) is 87.0 cm³/mol. The molecule has 0 spiro atoms. The smallest absolute Gasteiger partial charge is 0.161 e. The minimum absolute atomic E-state index is 0.247. The quantitative estimate of drug-likeness (QED) is 0.677. The molecular formula is C18H30O3. The summed E-state index contributed by atoms with van der Waals surface area (Å²) in [6.45, 7) is 9.72. The van der Waals surface area contributed by atoms with E-state index in [1.165, 1.54) is 0 Å². The van der Waals surface area contributed by atoms with Crippen LogP contribution in [0.2, 0.25) is 0 Å². The van der Waals surface area contributed by atoms with Crippen molar-refractivity contribution in [1.82, 2.24) is 0 Å². The third kappa shape index (κ3) is 5.58. The van der Waals surface area contributed by atoms with Crippen molar-refractivity contribution in [3.05, 3.63) is 23.8 Å². The third-order valence-corrected chi connectivity index (χ3v) is 3.52. The Labute approximate surface area is 129 Å². The first kappa shape index (κ1) is 17.8. The number of ether oxygens (including phenoxy) is 2. The van der Waals surface area contributed by atoms with E-state index in [1.54, 1.807) is 0 Å². The summed E-state index contributed by atoms with van der Waals surface area (Å²) in [5, 5.41) is 10.4. The van der Waals surface area contributed by atoms with Crippen LogP contribution >= 0.6 is 0 Å². The Kier molecular flexibility index (Phi) is 8.21. The van der Waals surface area contributed by atoms with Gasteiger partial charge < -0.3 is 14.6 Å². The standard InChI is InChI=1S/C18H30O3/c1-5-8-14(4)18(19)15-9-10-16(20-11-6-2)17(13-15)21-12-7-3/h9-10,13-14,18-19H,5-8,11-12H2,1-4H3. The van der Waals surface area contributed by atoms with Crippen molar-refractivity contribution in [2.45, 2.75) is 59.5 Å². The molecule has 0 aliphatic rings. The molecule has 21 heavy (non-hydrogen) atoms. The molecular weight excluding hydrogens is 264 g/mol. The van der Waals surface area contributed by atoms with E-state index >= 15 is 0 Å².